The highest BCUT2D eigenvalue weighted by Crippen LogP contribution is 2.29. The Morgan fingerprint density at radius 3 is 2.35 bits per heavy atom. The van der Waals surface area contributed by atoms with Gasteiger partial charge in [0, 0.05) is 12.7 Å². The highest BCUT2D eigenvalue weighted by Gasteiger charge is 2.28. The fourth-order valence-electron chi connectivity index (χ4n) is 3.07. The summed E-state index contributed by atoms with van der Waals surface area (Å²) in [7, 11) is -0.901. The van der Waals surface area contributed by atoms with Gasteiger partial charge in [-0.05, 0) is 66.2 Å². The number of methoxy groups -OCH3 is 1. The summed E-state index contributed by atoms with van der Waals surface area (Å²) < 4.78 is 32.7. The zero-order chi connectivity index (χ0) is 22.4. The Morgan fingerprint density at radius 1 is 1.06 bits per heavy atom. The van der Waals surface area contributed by atoms with E-state index in [9.17, 15) is 13.2 Å². The maximum atomic E-state index is 13.2. The molecule has 164 valence electrons. The van der Waals surface area contributed by atoms with Gasteiger partial charge in [-0.15, -0.1) is 11.3 Å². The Morgan fingerprint density at radius 2 is 1.74 bits per heavy atom. The number of hydrogen-bond donors (Lipinski definition) is 1. The number of hydrogen-bond acceptors (Lipinski definition) is 5. The van der Waals surface area contributed by atoms with Crippen LogP contribution in [0.2, 0.25) is 0 Å². The number of benzene rings is 2. The number of ether oxygens (including phenoxy) is 1. The zero-order valence-corrected chi connectivity index (χ0v) is 19.4. The first-order valence-electron chi connectivity index (χ1n) is 9.97. The van der Waals surface area contributed by atoms with Crippen LogP contribution in [0.1, 0.15) is 35.0 Å². The second-order valence-electron chi connectivity index (χ2n) is 7.04. The molecule has 3 rings (SSSR count). The first kappa shape index (κ1) is 22.8. The first-order valence-corrected chi connectivity index (χ1v) is 12.3. The van der Waals surface area contributed by atoms with Gasteiger partial charge in [-0.25, -0.2) is 8.42 Å². The van der Waals surface area contributed by atoms with Crippen LogP contribution in [0.5, 0.6) is 5.75 Å². The molecule has 0 fully saturated rings. The van der Waals surface area contributed by atoms with Crippen molar-refractivity contribution in [1.29, 1.82) is 0 Å². The summed E-state index contributed by atoms with van der Waals surface area (Å²) in [4.78, 5) is 13.0. The van der Waals surface area contributed by atoms with Gasteiger partial charge in [-0.2, -0.15) is 0 Å². The van der Waals surface area contributed by atoms with E-state index in [4.69, 9.17) is 4.74 Å². The minimum atomic E-state index is -3.91. The Kier molecular flexibility index (Phi) is 7.35. The molecule has 2 aromatic carbocycles. The molecule has 6 nitrogen and oxygen atoms in total. The van der Waals surface area contributed by atoms with Gasteiger partial charge in [0.15, 0.2) is 0 Å². The molecule has 1 aromatic heterocycles. The Bertz CT molecular complexity index is 1120. The quantitative estimate of drug-likeness (QED) is 0.480. The summed E-state index contributed by atoms with van der Waals surface area (Å²) in [5.41, 5.74) is 2.31. The second kappa shape index (κ2) is 9.98. The Hall–Kier alpha value is -2.84. The van der Waals surface area contributed by atoms with E-state index in [1.54, 1.807) is 36.8 Å². The van der Waals surface area contributed by atoms with Crippen molar-refractivity contribution in [3.63, 3.8) is 0 Å². The standard InChI is InChI=1S/C23H26N2O4S2/c1-4-5-6-17-7-9-18(10-8-17)24-23(26)22-21(15-16-30-22)31(27,28)25(2)19-11-13-20(29-3)14-12-19/h7-16H,4-6H2,1-3H3,(H,24,26). The molecule has 0 atom stereocenters. The number of unbranched alkanes of at least 4 members (excludes halogenated alkanes) is 1. The Balaban J connectivity index is 1.79. The second-order valence-corrected chi connectivity index (χ2v) is 9.89. The lowest BCUT2D eigenvalue weighted by molar-refractivity contribution is 0.102. The normalized spacial score (nSPS) is 11.2. The van der Waals surface area contributed by atoms with E-state index in [1.807, 2.05) is 24.3 Å². The van der Waals surface area contributed by atoms with E-state index in [-0.39, 0.29) is 9.77 Å². The summed E-state index contributed by atoms with van der Waals surface area (Å²) in [5.74, 6) is 0.184. The van der Waals surface area contributed by atoms with Crippen LogP contribution < -0.4 is 14.4 Å². The molecule has 0 aliphatic rings. The fraction of sp³-hybridized carbons (Fsp3) is 0.261. The minimum Gasteiger partial charge on any atom is -0.497 e. The lowest BCUT2D eigenvalue weighted by atomic mass is 10.1. The molecule has 1 amide bonds. The number of sulfonamides is 1. The third-order valence-electron chi connectivity index (χ3n) is 4.94. The van der Waals surface area contributed by atoms with Crippen molar-refractivity contribution in [3.8, 4) is 5.75 Å². The number of rotatable bonds is 9. The topological polar surface area (TPSA) is 75.7 Å². The Labute approximate surface area is 187 Å². The van der Waals surface area contributed by atoms with E-state index in [0.717, 1.165) is 34.9 Å². The van der Waals surface area contributed by atoms with Gasteiger partial charge in [0.05, 0.1) is 12.8 Å². The van der Waals surface area contributed by atoms with Gasteiger partial charge < -0.3 is 10.1 Å². The molecule has 0 unspecified atom stereocenters. The van der Waals surface area contributed by atoms with Crippen LogP contribution in [0.4, 0.5) is 11.4 Å². The molecule has 0 aliphatic heterocycles. The molecule has 0 bridgehead atoms. The van der Waals surface area contributed by atoms with Crippen LogP contribution in [0, 0.1) is 0 Å². The summed E-state index contributed by atoms with van der Waals surface area (Å²) in [5, 5.41) is 4.41. The number of thiophene rings is 1. The summed E-state index contributed by atoms with van der Waals surface area (Å²) in [6.45, 7) is 2.15. The molecule has 0 radical (unpaired) electrons. The molecule has 0 aliphatic carbocycles. The molecule has 0 saturated heterocycles. The average Bonchev–Trinajstić information content (AvgIpc) is 3.29. The maximum absolute atomic E-state index is 13.2. The van der Waals surface area contributed by atoms with Gasteiger partial charge in [-0.3, -0.25) is 9.10 Å². The molecular weight excluding hydrogens is 432 g/mol. The molecule has 0 saturated carbocycles. The molecule has 1 heterocycles. The smallest absolute Gasteiger partial charge is 0.267 e. The van der Waals surface area contributed by atoms with Crippen molar-refractivity contribution in [2.24, 2.45) is 0 Å². The average molecular weight is 459 g/mol. The van der Waals surface area contributed by atoms with E-state index in [0.29, 0.717) is 17.1 Å². The number of carbonyl (C=O) groups excluding carboxylic acids is 1. The predicted octanol–water partition coefficient (Wildman–Crippen LogP) is 5.18. The lowest BCUT2D eigenvalue weighted by Gasteiger charge is -2.20. The molecular formula is C23H26N2O4S2. The number of carbonyl (C=O) groups is 1. The highest BCUT2D eigenvalue weighted by atomic mass is 32.2. The van der Waals surface area contributed by atoms with E-state index in [2.05, 4.69) is 12.2 Å². The third kappa shape index (κ3) is 5.26. The van der Waals surface area contributed by atoms with Crippen molar-refractivity contribution in [2.75, 3.05) is 23.8 Å². The first-order chi connectivity index (χ1) is 14.9. The van der Waals surface area contributed by atoms with Crippen LogP contribution in [0.3, 0.4) is 0 Å². The van der Waals surface area contributed by atoms with E-state index < -0.39 is 15.9 Å². The van der Waals surface area contributed by atoms with Crippen LogP contribution in [-0.2, 0) is 16.4 Å². The maximum Gasteiger partial charge on any atom is 0.267 e. The van der Waals surface area contributed by atoms with Gasteiger partial charge in [-0.1, -0.05) is 25.5 Å². The summed E-state index contributed by atoms with van der Waals surface area (Å²) in [6, 6.07) is 15.8. The minimum absolute atomic E-state index is 0.0205. The number of anilines is 2. The van der Waals surface area contributed by atoms with E-state index in [1.165, 1.54) is 18.7 Å². The summed E-state index contributed by atoms with van der Waals surface area (Å²) >= 11 is 1.10. The van der Waals surface area contributed by atoms with Crippen molar-refractivity contribution in [1.82, 2.24) is 0 Å². The van der Waals surface area contributed by atoms with Gasteiger partial charge in [0.25, 0.3) is 15.9 Å². The van der Waals surface area contributed by atoms with Gasteiger partial charge in [0.1, 0.15) is 15.5 Å². The fourth-order valence-corrected chi connectivity index (χ4v) is 5.56. The molecule has 1 N–H and O–H groups in total. The van der Waals surface area contributed by atoms with Crippen LogP contribution >= 0.6 is 11.3 Å². The highest BCUT2D eigenvalue weighted by molar-refractivity contribution is 7.93. The van der Waals surface area contributed by atoms with Crippen molar-refractivity contribution < 1.29 is 17.9 Å². The predicted molar refractivity (Wildman–Crippen MR) is 126 cm³/mol. The van der Waals surface area contributed by atoms with Crippen molar-refractivity contribution >= 4 is 38.6 Å². The molecule has 0 spiro atoms. The van der Waals surface area contributed by atoms with Crippen molar-refractivity contribution in [3.05, 3.63) is 70.4 Å². The molecule has 31 heavy (non-hydrogen) atoms. The van der Waals surface area contributed by atoms with Crippen molar-refractivity contribution in [2.45, 2.75) is 31.1 Å². The summed E-state index contributed by atoms with van der Waals surface area (Å²) in [6.07, 6.45) is 3.23. The lowest BCUT2D eigenvalue weighted by Crippen LogP contribution is -2.28. The van der Waals surface area contributed by atoms with Gasteiger partial charge in [0.2, 0.25) is 0 Å². The SMILES string of the molecule is CCCCc1ccc(NC(=O)c2sccc2S(=O)(=O)N(C)c2ccc(OC)cc2)cc1. The largest absolute Gasteiger partial charge is 0.497 e. The van der Waals surface area contributed by atoms with Crippen LogP contribution in [-0.4, -0.2) is 28.5 Å². The zero-order valence-electron chi connectivity index (χ0n) is 17.8. The number of nitrogens with zero attached hydrogens (tertiary/aromatic N) is 1. The van der Waals surface area contributed by atoms with Gasteiger partial charge >= 0.3 is 0 Å². The molecule has 8 heteroatoms. The molecule has 3 aromatic rings. The van der Waals surface area contributed by atoms with E-state index >= 15 is 0 Å². The number of aryl methyl sites for hydroxylation is 1. The van der Waals surface area contributed by atoms with Crippen LogP contribution in [0.25, 0.3) is 0 Å². The number of amides is 1. The monoisotopic (exact) mass is 458 g/mol. The number of nitrogens with one attached hydrogen (secondary N) is 1. The van der Waals surface area contributed by atoms with Crippen LogP contribution in [0.15, 0.2) is 64.9 Å². The third-order valence-corrected chi connectivity index (χ3v) is 7.81.